The second-order valence-corrected chi connectivity index (χ2v) is 14.2. The number of rotatable bonds is 13. The van der Waals surface area contributed by atoms with Crippen LogP contribution in [0, 0.1) is 0 Å². The quantitative estimate of drug-likeness (QED) is 0.0636. The number of carbonyl (C=O) groups excluding carboxylic acids is 4. The summed E-state index contributed by atoms with van der Waals surface area (Å²) in [6, 6.07) is 33.1. The number of amides is 3. The van der Waals surface area contributed by atoms with Gasteiger partial charge in [0.25, 0.3) is 11.8 Å². The van der Waals surface area contributed by atoms with Gasteiger partial charge in [0.15, 0.2) is 0 Å². The molecular weight excluding hydrogens is 679 g/mol. The van der Waals surface area contributed by atoms with Crippen LogP contribution in [0.25, 0.3) is 17.2 Å². The van der Waals surface area contributed by atoms with Gasteiger partial charge >= 0.3 is 5.97 Å². The summed E-state index contributed by atoms with van der Waals surface area (Å²) in [5, 5.41) is 10.3. The zero-order valence-corrected chi connectivity index (χ0v) is 30.4. The van der Waals surface area contributed by atoms with E-state index in [4.69, 9.17) is 4.74 Å². The van der Waals surface area contributed by atoms with Crippen LogP contribution in [0.2, 0.25) is 0 Å². The van der Waals surface area contributed by atoms with Crippen LogP contribution in [0.5, 0.6) is 0 Å². The number of carbonyl (C=O) groups is 4. The van der Waals surface area contributed by atoms with Crippen molar-refractivity contribution in [2.24, 2.45) is 0 Å². The summed E-state index contributed by atoms with van der Waals surface area (Å²) in [6.07, 6.45) is 1.64. The molecule has 1 unspecified atom stereocenters. The highest BCUT2D eigenvalue weighted by Crippen LogP contribution is 2.37. The lowest BCUT2D eigenvalue weighted by Crippen LogP contribution is -2.30. The van der Waals surface area contributed by atoms with Gasteiger partial charge in [0, 0.05) is 27.1 Å². The van der Waals surface area contributed by atoms with E-state index in [-0.39, 0.29) is 18.2 Å². The van der Waals surface area contributed by atoms with Crippen molar-refractivity contribution in [2.75, 3.05) is 17.2 Å². The van der Waals surface area contributed by atoms with Crippen LogP contribution in [0.4, 0.5) is 10.7 Å². The number of hydrogen-bond donors (Lipinski definition) is 3. The molecule has 0 aliphatic carbocycles. The van der Waals surface area contributed by atoms with Gasteiger partial charge in [0.2, 0.25) is 5.91 Å². The van der Waals surface area contributed by atoms with Gasteiger partial charge in [0.1, 0.15) is 16.3 Å². The minimum Gasteiger partial charge on any atom is -0.462 e. The van der Waals surface area contributed by atoms with Crippen LogP contribution < -0.4 is 16.0 Å². The van der Waals surface area contributed by atoms with E-state index in [1.165, 1.54) is 23.1 Å². The Morgan fingerprint density at radius 3 is 2.18 bits per heavy atom. The first-order chi connectivity index (χ1) is 24.6. The SMILES string of the molecule is CCOC(=O)c1c(-c2ccccc2)csc1NC(=O)C(C)Sc1cccc(NC(=O)/C(=C\c2ccc(C(C)C)cc2)NC(=O)c2ccccc2)c1. The Bertz CT molecular complexity index is 2020. The van der Waals surface area contributed by atoms with Gasteiger partial charge in [-0.1, -0.05) is 92.7 Å². The van der Waals surface area contributed by atoms with Crippen LogP contribution >= 0.6 is 23.1 Å². The number of nitrogens with one attached hydrogen (secondary N) is 3. The first kappa shape index (κ1) is 36.8. The maximum atomic E-state index is 13.6. The zero-order valence-electron chi connectivity index (χ0n) is 28.8. The average molecular weight is 718 g/mol. The standard InChI is InChI=1S/C41H39N3O5S2/c1-5-49-41(48)36-34(30-13-8-6-9-14-30)25-50-40(36)44-37(45)27(4)51-33-18-12-17-32(24-33)42-39(47)35(43-38(46)31-15-10-7-11-16-31)23-28-19-21-29(22-20-28)26(2)3/h6-27H,5H2,1-4H3,(H,42,47)(H,43,46)(H,44,45)/b35-23+. The minimum atomic E-state index is -0.553. The normalized spacial score (nSPS) is 11.8. The van der Waals surface area contributed by atoms with Gasteiger partial charge in [0.05, 0.1) is 11.9 Å². The van der Waals surface area contributed by atoms with Gasteiger partial charge in [-0.25, -0.2) is 4.79 Å². The Kier molecular flexibility index (Phi) is 12.6. The number of thioether (sulfide) groups is 1. The molecule has 4 aromatic carbocycles. The van der Waals surface area contributed by atoms with Crippen LogP contribution in [-0.4, -0.2) is 35.5 Å². The molecule has 260 valence electrons. The predicted molar refractivity (Wildman–Crippen MR) is 207 cm³/mol. The fraction of sp³-hybridized carbons (Fsp3) is 0.171. The Morgan fingerprint density at radius 2 is 1.51 bits per heavy atom. The molecule has 0 fully saturated rings. The fourth-order valence-corrected chi connectivity index (χ4v) is 6.98. The monoisotopic (exact) mass is 717 g/mol. The Hall–Kier alpha value is -5.45. The van der Waals surface area contributed by atoms with Crippen molar-refractivity contribution in [3.05, 3.63) is 143 Å². The first-order valence-corrected chi connectivity index (χ1v) is 18.3. The van der Waals surface area contributed by atoms with E-state index in [2.05, 4.69) is 29.8 Å². The average Bonchev–Trinajstić information content (AvgIpc) is 3.56. The van der Waals surface area contributed by atoms with E-state index in [9.17, 15) is 19.2 Å². The van der Waals surface area contributed by atoms with Crippen LogP contribution in [0.3, 0.4) is 0 Å². The molecule has 10 heteroatoms. The largest absolute Gasteiger partial charge is 0.462 e. The lowest BCUT2D eigenvalue weighted by molar-refractivity contribution is -0.115. The fourth-order valence-electron chi connectivity index (χ4n) is 5.09. The van der Waals surface area contributed by atoms with E-state index in [0.29, 0.717) is 33.3 Å². The lowest BCUT2D eigenvalue weighted by Gasteiger charge is -2.14. The van der Waals surface area contributed by atoms with Crippen LogP contribution in [0.15, 0.2) is 125 Å². The van der Waals surface area contributed by atoms with Gasteiger partial charge in [-0.3, -0.25) is 14.4 Å². The third-order valence-electron chi connectivity index (χ3n) is 7.81. The highest BCUT2D eigenvalue weighted by Gasteiger charge is 2.25. The summed E-state index contributed by atoms with van der Waals surface area (Å²) in [5.74, 6) is -1.35. The number of anilines is 2. The number of esters is 1. The summed E-state index contributed by atoms with van der Waals surface area (Å²) < 4.78 is 5.33. The van der Waals surface area contributed by atoms with Crippen molar-refractivity contribution in [3.63, 3.8) is 0 Å². The molecule has 0 bridgehead atoms. The molecule has 0 saturated heterocycles. The molecule has 1 aromatic heterocycles. The molecule has 5 rings (SSSR count). The molecule has 8 nitrogen and oxygen atoms in total. The van der Waals surface area contributed by atoms with E-state index >= 15 is 0 Å². The van der Waals surface area contributed by atoms with Crippen molar-refractivity contribution in [1.29, 1.82) is 0 Å². The summed E-state index contributed by atoms with van der Waals surface area (Å²) in [5.41, 5.74) is 4.77. The summed E-state index contributed by atoms with van der Waals surface area (Å²) in [4.78, 5) is 53.8. The second-order valence-electron chi connectivity index (χ2n) is 11.9. The number of thiophene rings is 1. The van der Waals surface area contributed by atoms with E-state index in [0.717, 1.165) is 21.6 Å². The molecule has 5 aromatic rings. The van der Waals surface area contributed by atoms with Crippen LogP contribution in [0.1, 0.15) is 65.5 Å². The van der Waals surface area contributed by atoms with E-state index < -0.39 is 23.0 Å². The molecule has 3 amide bonds. The molecule has 1 atom stereocenters. The van der Waals surface area contributed by atoms with Crippen molar-refractivity contribution >= 4 is 63.6 Å². The smallest absolute Gasteiger partial charge is 0.341 e. The summed E-state index contributed by atoms with van der Waals surface area (Å²) >= 11 is 2.57. The number of ether oxygens (including phenoxy) is 1. The van der Waals surface area contributed by atoms with Crippen molar-refractivity contribution in [2.45, 2.75) is 43.8 Å². The van der Waals surface area contributed by atoms with E-state index in [1.54, 1.807) is 62.4 Å². The molecule has 51 heavy (non-hydrogen) atoms. The maximum Gasteiger partial charge on any atom is 0.341 e. The molecule has 1 heterocycles. The van der Waals surface area contributed by atoms with Crippen molar-refractivity contribution in [3.8, 4) is 11.1 Å². The first-order valence-electron chi connectivity index (χ1n) is 16.5. The molecular formula is C41H39N3O5S2. The lowest BCUT2D eigenvalue weighted by atomic mass is 10.0. The third-order valence-corrected chi connectivity index (χ3v) is 9.80. The third kappa shape index (κ3) is 9.84. The van der Waals surface area contributed by atoms with E-state index in [1.807, 2.05) is 72.1 Å². The van der Waals surface area contributed by atoms with Gasteiger partial charge in [-0.15, -0.1) is 23.1 Å². The second kappa shape index (κ2) is 17.5. The Labute approximate surface area is 306 Å². The Morgan fingerprint density at radius 1 is 0.824 bits per heavy atom. The maximum absolute atomic E-state index is 13.6. The molecule has 0 saturated carbocycles. The van der Waals surface area contributed by atoms with Crippen LogP contribution in [-0.2, 0) is 14.3 Å². The molecule has 0 radical (unpaired) electrons. The molecule has 3 N–H and O–H groups in total. The summed E-state index contributed by atoms with van der Waals surface area (Å²) in [6.45, 7) is 7.93. The van der Waals surface area contributed by atoms with Gasteiger partial charge < -0.3 is 20.7 Å². The van der Waals surface area contributed by atoms with Crippen molar-refractivity contribution in [1.82, 2.24) is 5.32 Å². The Balaban J connectivity index is 1.30. The highest BCUT2D eigenvalue weighted by atomic mass is 32.2. The topological polar surface area (TPSA) is 114 Å². The number of hydrogen-bond acceptors (Lipinski definition) is 7. The molecule has 0 aliphatic heterocycles. The summed E-state index contributed by atoms with van der Waals surface area (Å²) in [7, 11) is 0. The van der Waals surface area contributed by atoms with Gasteiger partial charge in [-0.2, -0.15) is 0 Å². The molecule has 0 spiro atoms. The predicted octanol–water partition coefficient (Wildman–Crippen LogP) is 9.24. The van der Waals surface area contributed by atoms with Gasteiger partial charge in [-0.05, 0) is 72.9 Å². The van der Waals surface area contributed by atoms with Crippen molar-refractivity contribution < 1.29 is 23.9 Å². The number of benzene rings is 4. The highest BCUT2D eigenvalue weighted by molar-refractivity contribution is 8.00. The molecule has 0 aliphatic rings. The minimum absolute atomic E-state index is 0.0789. The zero-order chi connectivity index (χ0) is 36.3.